The normalized spacial score (nSPS) is 21.7. The number of carbonyl (C=O) groups is 2. The van der Waals surface area contributed by atoms with E-state index in [0.29, 0.717) is 12.1 Å². The topological polar surface area (TPSA) is 64.6 Å². The molecule has 1 aliphatic heterocycles. The van der Waals surface area contributed by atoms with Crippen LogP contribution < -0.4 is 5.32 Å². The molecule has 5 nitrogen and oxygen atoms in total. The number of carbonyl (C=O) groups excluding carboxylic acids is 2. The van der Waals surface area contributed by atoms with Crippen molar-refractivity contribution in [2.75, 3.05) is 6.54 Å². The summed E-state index contributed by atoms with van der Waals surface area (Å²) in [6.45, 7) is 3.93. The van der Waals surface area contributed by atoms with Crippen molar-refractivity contribution in [2.45, 2.75) is 35.5 Å². The van der Waals surface area contributed by atoms with E-state index in [1.807, 2.05) is 54.6 Å². The molecule has 0 unspecified atom stereocenters. The number of benzene rings is 2. The molecule has 27 heavy (non-hydrogen) atoms. The van der Waals surface area contributed by atoms with E-state index in [1.54, 1.807) is 25.6 Å². The quantitative estimate of drug-likeness (QED) is 0.835. The lowest BCUT2D eigenvalue weighted by molar-refractivity contribution is -0.177. The summed E-state index contributed by atoms with van der Waals surface area (Å²) >= 11 is 1.64. The highest BCUT2D eigenvalue weighted by Crippen LogP contribution is 2.34. The maximum Gasteiger partial charge on any atom is 0.409 e. The monoisotopic (exact) mass is 383 g/mol. The van der Waals surface area contributed by atoms with Gasteiger partial charge in [0.1, 0.15) is 0 Å². The molecule has 1 aliphatic rings. The third-order valence-electron chi connectivity index (χ3n) is 4.16. The molecular weight excluding hydrogens is 362 g/mol. The maximum atomic E-state index is 12.5. The number of nitrogens with one attached hydrogen (secondary N) is 1. The van der Waals surface area contributed by atoms with Gasteiger partial charge in [-0.3, -0.25) is 4.79 Å². The van der Waals surface area contributed by atoms with Crippen molar-refractivity contribution < 1.29 is 19.1 Å². The molecule has 0 aromatic heterocycles. The van der Waals surface area contributed by atoms with Gasteiger partial charge in [0.25, 0.3) is 0 Å². The zero-order valence-electron chi connectivity index (χ0n) is 15.2. The Morgan fingerprint density at radius 1 is 1.15 bits per heavy atom. The van der Waals surface area contributed by atoms with Crippen LogP contribution in [0.1, 0.15) is 19.4 Å². The fraction of sp³-hybridized carbons (Fsp3) is 0.238. The van der Waals surface area contributed by atoms with Crippen LogP contribution in [-0.4, -0.2) is 24.7 Å². The summed E-state index contributed by atoms with van der Waals surface area (Å²) in [6, 6.07) is 17.7. The summed E-state index contributed by atoms with van der Waals surface area (Å²) in [5.41, 5.74) is -0.499. The Morgan fingerprint density at radius 3 is 2.48 bits per heavy atom. The van der Waals surface area contributed by atoms with Crippen molar-refractivity contribution in [3.63, 3.8) is 0 Å². The number of hydrogen-bond acceptors (Lipinski definition) is 5. The van der Waals surface area contributed by atoms with Gasteiger partial charge in [0, 0.05) is 16.3 Å². The average molecular weight is 383 g/mol. The highest BCUT2D eigenvalue weighted by Gasteiger charge is 2.40. The summed E-state index contributed by atoms with van der Waals surface area (Å²) in [5, 5.41) is 2.54. The second-order valence-electron chi connectivity index (χ2n) is 6.12. The Bertz CT molecular complexity index is 835. The van der Waals surface area contributed by atoms with E-state index >= 15 is 0 Å². The molecule has 0 saturated carbocycles. The van der Waals surface area contributed by atoms with Crippen LogP contribution in [0, 0.1) is 0 Å². The lowest BCUT2D eigenvalue weighted by Crippen LogP contribution is -2.43. The van der Waals surface area contributed by atoms with E-state index in [1.165, 1.54) is 12.2 Å². The predicted molar refractivity (Wildman–Crippen MR) is 104 cm³/mol. The fourth-order valence-electron chi connectivity index (χ4n) is 2.69. The molecule has 140 valence electrons. The molecule has 0 fully saturated rings. The van der Waals surface area contributed by atoms with Gasteiger partial charge in [-0.25, -0.2) is 4.79 Å². The highest BCUT2D eigenvalue weighted by atomic mass is 32.2. The number of alkyl carbamates (subject to hydrolysis) is 1. The Labute approximate surface area is 162 Å². The second-order valence-corrected chi connectivity index (χ2v) is 7.26. The van der Waals surface area contributed by atoms with Crippen LogP contribution in [0.5, 0.6) is 0 Å². The molecule has 1 heterocycles. The smallest absolute Gasteiger partial charge is 0.409 e. The molecule has 2 aromatic rings. The zero-order chi connectivity index (χ0) is 19.3. The largest absolute Gasteiger partial charge is 0.416 e. The van der Waals surface area contributed by atoms with Crippen molar-refractivity contribution in [1.29, 1.82) is 0 Å². The number of hydrogen-bond donors (Lipinski definition) is 1. The summed E-state index contributed by atoms with van der Waals surface area (Å²) in [4.78, 5) is 26.3. The van der Waals surface area contributed by atoms with Crippen molar-refractivity contribution >= 4 is 23.6 Å². The molecule has 3 rings (SSSR count). The van der Waals surface area contributed by atoms with Gasteiger partial charge in [0.05, 0.1) is 0 Å². The minimum Gasteiger partial charge on any atom is -0.416 e. The van der Waals surface area contributed by atoms with Gasteiger partial charge in [-0.15, -0.1) is 0 Å². The molecule has 0 bridgehead atoms. The number of rotatable bonds is 5. The van der Waals surface area contributed by atoms with Gasteiger partial charge in [0.15, 0.2) is 11.4 Å². The Morgan fingerprint density at radius 2 is 1.81 bits per heavy atom. The van der Waals surface area contributed by atoms with E-state index in [0.717, 1.165) is 9.79 Å². The molecule has 2 aromatic carbocycles. The summed E-state index contributed by atoms with van der Waals surface area (Å²) < 4.78 is 11.0. The molecule has 0 aliphatic carbocycles. The first-order chi connectivity index (χ1) is 13.0. The van der Waals surface area contributed by atoms with E-state index < -0.39 is 18.0 Å². The van der Waals surface area contributed by atoms with Crippen LogP contribution in [0.4, 0.5) is 4.79 Å². The molecule has 6 heteroatoms. The van der Waals surface area contributed by atoms with Gasteiger partial charge >= 0.3 is 6.09 Å². The SMILES string of the molecule is CCNC(=O)O[C@@H]1C=CC(=O)[C@@](C)(c2ccc(Sc3ccccc3)cc2)O1. The number of amides is 1. The molecule has 0 saturated heterocycles. The third-order valence-corrected chi connectivity index (χ3v) is 5.17. The van der Waals surface area contributed by atoms with Crippen LogP contribution in [0.15, 0.2) is 76.5 Å². The lowest BCUT2D eigenvalue weighted by atomic mass is 9.89. The molecule has 0 radical (unpaired) electrons. The summed E-state index contributed by atoms with van der Waals surface area (Å²) in [7, 11) is 0. The van der Waals surface area contributed by atoms with Gasteiger partial charge < -0.3 is 14.8 Å². The van der Waals surface area contributed by atoms with Crippen molar-refractivity contribution in [2.24, 2.45) is 0 Å². The fourth-order valence-corrected chi connectivity index (χ4v) is 3.52. The van der Waals surface area contributed by atoms with Crippen LogP contribution in [0.2, 0.25) is 0 Å². The van der Waals surface area contributed by atoms with Gasteiger partial charge in [0.2, 0.25) is 6.29 Å². The first kappa shape index (κ1) is 19.2. The van der Waals surface area contributed by atoms with E-state index in [2.05, 4.69) is 5.32 Å². The standard InChI is InChI=1S/C21H21NO4S/c1-3-22-20(24)25-19-14-13-18(23)21(2,26-19)15-9-11-17(12-10-15)27-16-7-5-4-6-8-16/h4-14,19H,3H2,1-2H3,(H,22,24)/t19-,21+/m0/s1. The van der Waals surface area contributed by atoms with E-state index in [-0.39, 0.29) is 5.78 Å². The van der Waals surface area contributed by atoms with E-state index in [4.69, 9.17) is 9.47 Å². The lowest BCUT2D eigenvalue weighted by Gasteiger charge is -2.33. The first-order valence-corrected chi connectivity index (χ1v) is 9.51. The summed E-state index contributed by atoms with van der Waals surface area (Å²) in [5.74, 6) is -0.193. The number of ketones is 1. The van der Waals surface area contributed by atoms with Crippen LogP contribution >= 0.6 is 11.8 Å². The highest BCUT2D eigenvalue weighted by molar-refractivity contribution is 7.99. The van der Waals surface area contributed by atoms with Crippen molar-refractivity contribution in [1.82, 2.24) is 5.32 Å². The van der Waals surface area contributed by atoms with Crippen LogP contribution in [0.25, 0.3) is 0 Å². The molecular formula is C21H21NO4S. The minimum atomic E-state index is -1.21. The minimum absolute atomic E-state index is 0.193. The molecule has 0 spiro atoms. The van der Waals surface area contributed by atoms with Crippen molar-refractivity contribution in [3.05, 3.63) is 72.3 Å². The van der Waals surface area contributed by atoms with Crippen molar-refractivity contribution in [3.8, 4) is 0 Å². The maximum absolute atomic E-state index is 12.5. The zero-order valence-corrected chi connectivity index (χ0v) is 16.0. The Hall–Kier alpha value is -2.57. The second kappa shape index (κ2) is 8.41. The van der Waals surface area contributed by atoms with Crippen LogP contribution in [-0.2, 0) is 19.9 Å². The predicted octanol–water partition coefficient (Wildman–Crippen LogP) is 4.28. The molecule has 1 amide bonds. The average Bonchev–Trinajstić information content (AvgIpc) is 2.66. The molecule has 1 N–H and O–H groups in total. The van der Waals surface area contributed by atoms with Gasteiger partial charge in [-0.05, 0) is 55.8 Å². The van der Waals surface area contributed by atoms with E-state index in [9.17, 15) is 9.59 Å². The first-order valence-electron chi connectivity index (χ1n) is 8.69. The number of ether oxygens (including phenoxy) is 2. The van der Waals surface area contributed by atoms with Crippen LogP contribution in [0.3, 0.4) is 0 Å². The Balaban J connectivity index is 1.74. The van der Waals surface area contributed by atoms with Gasteiger partial charge in [-0.1, -0.05) is 42.1 Å². The molecule has 2 atom stereocenters. The Kier molecular flexibility index (Phi) is 5.98. The van der Waals surface area contributed by atoms with Gasteiger partial charge in [-0.2, -0.15) is 0 Å². The summed E-state index contributed by atoms with van der Waals surface area (Å²) in [6.07, 6.45) is 1.34. The third kappa shape index (κ3) is 4.59.